The Labute approximate surface area is 92.4 Å². The van der Waals surface area contributed by atoms with Crippen LogP contribution in [0.15, 0.2) is 0 Å². The van der Waals surface area contributed by atoms with Crippen LogP contribution >= 0.6 is 0 Å². The Balaban J connectivity index is 2.13. The van der Waals surface area contributed by atoms with Crippen molar-refractivity contribution in [2.24, 2.45) is 11.3 Å². The molecule has 2 heteroatoms. The Hall–Kier alpha value is -0.970. The summed E-state index contributed by atoms with van der Waals surface area (Å²) in [4.78, 5) is 11.2. The van der Waals surface area contributed by atoms with Crippen LogP contribution in [0.5, 0.6) is 0 Å². The Morgan fingerprint density at radius 2 is 2.13 bits per heavy atom. The van der Waals surface area contributed by atoms with E-state index in [4.69, 9.17) is 4.74 Å². The third-order valence-electron chi connectivity index (χ3n) is 2.84. The summed E-state index contributed by atoms with van der Waals surface area (Å²) in [7, 11) is 0. The Morgan fingerprint density at radius 3 is 2.67 bits per heavy atom. The van der Waals surface area contributed by atoms with Gasteiger partial charge in [-0.15, -0.1) is 0 Å². The molecule has 0 N–H and O–H groups in total. The summed E-state index contributed by atoms with van der Waals surface area (Å²) in [6, 6.07) is 0. The van der Waals surface area contributed by atoms with E-state index in [2.05, 4.69) is 32.6 Å². The highest BCUT2D eigenvalue weighted by molar-refractivity contribution is 5.88. The van der Waals surface area contributed by atoms with Crippen molar-refractivity contribution < 1.29 is 9.53 Å². The molecule has 0 spiro atoms. The zero-order valence-electron chi connectivity index (χ0n) is 9.93. The molecule has 84 valence electrons. The van der Waals surface area contributed by atoms with Crippen LogP contribution in [0.25, 0.3) is 0 Å². The van der Waals surface area contributed by atoms with Gasteiger partial charge < -0.3 is 4.74 Å². The van der Waals surface area contributed by atoms with E-state index in [1.807, 2.05) is 0 Å². The fourth-order valence-electron chi connectivity index (χ4n) is 1.41. The van der Waals surface area contributed by atoms with E-state index in [-0.39, 0.29) is 5.97 Å². The van der Waals surface area contributed by atoms with Crippen molar-refractivity contribution >= 4 is 5.97 Å². The summed E-state index contributed by atoms with van der Waals surface area (Å²) in [6.07, 6.45) is 4.29. The first-order chi connectivity index (χ1) is 7.06. The molecular formula is C13H20O2. The molecule has 1 atom stereocenters. The summed E-state index contributed by atoms with van der Waals surface area (Å²) < 4.78 is 4.98. The molecule has 1 fully saturated rings. The second-order valence-corrected chi connectivity index (χ2v) is 4.86. The predicted octanol–water partition coefficient (Wildman–Crippen LogP) is 2.77. The number of rotatable bonds is 4. The van der Waals surface area contributed by atoms with Gasteiger partial charge in [-0.2, -0.15) is 0 Å². The summed E-state index contributed by atoms with van der Waals surface area (Å²) in [5.41, 5.74) is 0.315. The van der Waals surface area contributed by atoms with Crippen molar-refractivity contribution in [3.8, 4) is 11.8 Å². The quantitative estimate of drug-likeness (QED) is 0.307. The normalized spacial score (nSPS) is 21.4. The first-order valence-corrected chi connectivity index (χ1v) is 5.74. The molecule has 1 aliphatic rings. The van der Waals surface area contributed by atoms with Gasteiger partial charge in [-0.05, 0) is 18.3 Å². The van der Waals surface area contributed by atoms with Gasteiger partial charge in [-0.1, -0.05) is 39.5 Å². The standard InChI is InChI=1S/C13H20O2/c1-4-5-6-9-15-12(14)8-7-11-10-13(11,2)3/h11H,4-6,9-10H2,1-3H3. The van der Waals surface area contributed by atoms with Crippen LogP contribution < -0.4 is 0 Å². The molecule has 2 nitrogen and oxygen atoms in total. The Bertz CT molecular complexity index is 281. The van der Waals surface area contributed by atoms with E-state index in [1.165, 1.54) is 0 Å². The molecule has 0 aromatic heterocycles. The van der Waals surface area contributed by atoms with Crippen LogP contribution in [0.1, 0.15) is 46.5 Å². The van der Waals surface area contributed by atoms with Crippen LogP contribution in [-0.4, -0.2) is 12.6 Å². The molecule has 0 aromatic carbocycles. The van der Waals surface area contributed by atoms with Gasteiger partial charge in [0.05, 0.1) is 6.61 Å². The fourth-order valence-corrected chi connectivity index (χ4v) is 1.41. The lowest BCUT2D eigenvalue weighted by Gasteiger charge is -1.98. The first-order valence-electron chi connectivity index (χ1n) is 5.74. The number of esters is 1. The van der Waals surface area contributed by atoms with Gasteiger partial charge in [0.2, 0.25) is 0 Å². The molecule has 1 aliphatic carbocycles. The molecule has 0 aliphatic heterocycles. The second-order valence-electron chi connectivity index (χ2n) is 4.86. The smallest absolute Gasteiger partial charge is 0.384 e. The lowest BCUT2D eigenvalue weighted by atomic mass is 10.1. The van der Waals surface area contributed by atoms with Crippen LogP contribution in [-0.2, 0) is 9.53 Å². The molecule has 0 amide bonds. The van der Waals surface area contributed by atoms with Gasteiger partial charge in [0.15, 0.2) is 0 Å². The average Bonchev–Trinajstić information content (AvgIpc) is 2.78. The summed E-state index contributed by atoms with van der Waals surface area (Å²) >= 11 is 0. The maximum Gasteiger partial charge on any atom is 0.384 e. The average molecular weight is 208 g/mol. The maximum absolute atomic E-state index is 11.2. The minimum Gasteiger partial charge on any atom is -0.456 e. The molecule has 1 rings (SSSR count). The van der Waals surface area contributed by atoms with Gasteiger partial charge in [-0.3, -0.25) is 0 Å². The molecule has 0 heterocycles. The van der Waals surface area contributed by atoms with Crippen LogP contribution in [0.3, 0.4) is 0 Å². The highest BCUT2D eigenvalue weighted by atomic mass is 16.5. The Morgan fingerprint density at radius 1 is 1.47 bits per heavy atom. The van der Waals surface area contributed by atoms with Gasteiger partial charge in [0.25, 0.3) is 0 Å². The lowest BCUT2D eigenvalue weighted by Crippen LogP contribution is -2.03. The van der Waals surface area contributed by atoms with Crippen molar-refractivity contribution in [3.63, 3.8) is 0 Å². The Kier molecular flexibility index (Phi) is 4.20. The minimum absolute atomic E-state index is 0.315. The number of hydrogen-bond acceptors (Lipinski definition) is 2. The summed E-state index contributed by atoms with van der Waals surface area (Å²) in [5, 5.41) is 0. The van der Waals surface area contributed by atoms with Crippen LogP contribution in [0.2, 0.25) is 0 Å². The highest BCUT2D eigenvalue weighted by Crippen LogP contribution is 2.50. The zero-order chi connectivity index (χ0) is 11.3. The van der Waals surface area contributed by atoms with E-state index in [0.717, 1.165) is 25.7 Å². The van der Waals surface area contributed by atoms with Gasteiger partial charge in [0.1, 0.15) is 0 Å². The molecule has 1 saturated carbocycles. The predicted molar refractivity (Wildman–Crippen MR) is 60.1 cm³/mol. The highest BCUT2D eigenvalue weighted by Gasteiger charge is 2.44. The van der Waals surface area contributed by atoms with Gasteiger partial charge in [0, 0.05) is 11.8 Å². The van der Waals surface area contributed by atoms with E-state index in [1.54, 1.807) is 0 Å². The van der Waals surface area contributed by atoms with E-state index in [9.17, 15) is 4.79 Å². The molecule has 0 saturated heterocycles. The van der Waals surface area contributed by atoms with Crippen LogP contribution in [0.4, 0.5) is 0 Å². The van der Waals surface area contributed by atoms with Gasteiger partial charge >= 0.3 is 5.97 Å². The molecule has 0 radical (unpaired) electrons. The largest absolute Gasteiger partial charge is 0.456 e. The van der Waals surface area contributed by atoms with E-state index < -0.39 is 0 Å². The van der Waals surface area contributed by atoms with Crippen molar-refractivity contribution in [2.45, 2.75) is 46.5 Å². The fraction of sp³-hybridized carbons (Fsp3) is 0.769. The molecule has 15 heavy (non-hydrogen) atoms. The van der Waals surface area contributed by atoms with Crippen molar-refractivity contribution in [2.75, 3.05) is 6.61 Å². The van der Waals surface area contributed by atoms with E-state index >= 15 is 0 Å². The van der Waals surface area contributed by atoms with E-state index in [0.29, 0.717) is 17.9 Å². The topological polar surface area (TPSA) is 26.3 Å². The molecule has 1 unspecified atom stereocenters. The number of unbranched alkanes of at least 4 members (excludes halogenated alkanes) is 2. The van der Waals surface area contributed by atoms with Crippen molar-refractivity contribution in [1.82, 2.24) is 0 Å². The monoisotopic (exact) mass is 208 g/mol. The van der Waals surface area contributed by atoms with Crippen LogP contribution in [0, 0.1) is 23.2 Å². The lowest BCUT2D eigenvalue weighted by molar-refractivity contribution is -0.136. The summed E-state index contributed by atoms with van der Waals surface area (Å²) in [6.45, 7) is 6.96. The molecule has 0 aromatic rings. The molecule has 0 bridgehead atoms. The first kappa shape index (κ1) is 12.1. The maximum atomic E-state index is 11.2. The zero-order valence-corrected chi connectivity index (χ0v) is 9.93. The SMILES string of the molecule is CCCCCOC(=O)C#CC1CC1(C)C. The number of hydrogen-bond donors (Lipinski definition) is 0. The minimum atomic E-state index is -0.367. The number of carbonyl (C=O) groups is 1. The number of carbonyl (C=O) groups excluding carboxylic acids is 1. The van der Waals surface area contributed by atoms with Gasteiger partial charge in [-0.25, -0.2) is 4.79 Å². The van der Waals surface area contributed by atoms with Crippen molar-refractivity contribution in [3.05, 3.63) is 0 Å². The van der Waals surface area contributed by atoms with Crippen molar-refractivity contribution in [1.29, 1.82) is 0 Å². The third kappa shape index (κ3) is 4.38. The summed E-state index contributed by atoms with van der Waals surface area (Å²) in [5.74, 6) is 5.55. The molecular weight excluding hydrogens is 188 g/mol. The second kappa shape index (κ2) is 5.21. The third-order valence-corrected chi connectivity index (χ3v) is 2.84. The number of ether oxygens (including phenoxy) is 1.